The van der Waals surface area contributed by atoms with E-state index >= 15 is 0 Å². The summed E-state index contributed by atoms with van der Waals surface area (Å²) >= 11 is 0. The van der Waals surface area contributed by atoms with Crippen LogP contribution in [0, 0.1) is 12.3 Å². The number of aromatic nitrogens is 2. The number of aryl methyl sites for hydroxylation is 1. The molecule has 1 atom stereocenters. The lowest BCUT2D eigenvalue weighted by atomic mass is 9.97. The molecule has 162 valence electrons. The molecule has 1 amide bonds. The average molecular weight is 428 g/mol. The van der Waals surface area contributed by atoms with Crippen LogP contribution in [0.4, 0.5) is 17.3 Å². The number of anilines is 3. The van der Waals surface area contributed by atoms with E-state index in [1.807, 2.05) is 13.1 Å². The smallest absolute Gasteiger partial charge is 0.256 e. The van der Waals surface area contributed by atoms with Gasteiger partial charge in [-0.2, -0.15) is 0 Å². The fourth-order valence-electron chi connectivity index (χ4n) is 3.54. The van der Waals surface area contributed by atoms with Crippen LogP contribution in [0.3, 0.4) is 0 Å². The van der Waals surface area contributed by atoms with Crippen molar-refractivity contribution in [3.63, 3.8) is 0 Å². The molecule has 6 N–H and O–H groups in total. The minimum Gasteiger partial charge on any atom is -0.389 e. The molecule has 0 saturated heterocycles. The zero-order valence-corrected chi connectivity index (χ0v) is 17.7. The molecule has 4 rings (SSSR count). The first-order valence-electron chi connectivity index (χ1n) is 10.3. The van der Waals surface area contributed by atoms with E-state index in [-0.39, 0.29) is 17.7 Å². The number of benzene rings is 1. The quantitative estimate of drug-likeness (QED) is 0.384. The van der Waals surface area contributed by atoms with Gasteiger partial charge in [-0.25, -0.2) is 9.97 Å². The molecule has 0 aliphatic carbocycles. The van der Waals surface area contributed by atoms with Crippen LogP contribution in [0.1, 0.15) is 33.5 Å². The normalized spacial score (nSPS) is 15.0. The summed E-state index contributed by atoms with van der Waals surface area (Å²) in [6, 6.07) is 12.4. The summed E-state index contributed by atoms with van der Waals surface area (Å²) in [4.78, 5) is 20.9. The molecule has 32 heavy (non-hydrogen) atoms. The molecular formula is C24H25N7O. The molecule has 0 radical (unpaired) electrons. The zero-order chi connectivity index (χ0) is 22.5. The Morgan fingerprint density at radius 2 is 1.94 bits per heavy atom. The lowest BCUT2D eigenvalue weighted by Crippen LogP contribution is -2.34. The Hall–Kier alpha value is -4.20. The van der Waals surface area contributed by atoms with Crippen LogP contribution in [0.25, 0.3) is 0 Å². The van der Waals surface area contributed by atoms with E-state index < -0.39 is 0 Å². The van der Waals surface area contributed by atoms with Crippen LogP contribution in [0.2, 0.25) is 0 Å². The molecule has 1 aliphatic heterocycles. The first-order chi connectivity index (χ1) is 15.5. The fourth-order valence-corrected chi connectivity index (χ4v) is 3.54. The maximum atomic E-state index is 12.5. The molecule has 8 nitrogen and oxygen atoms in total. The minimum atomic E-state index is -0.265. The van der Waals surface area contributed by atoms with E-state index in [1.165, 1.54) is 0 Å². The predicted molar refractivity (Wildman–Crippen MR) is 127 cm³/mol. The molecule has 2 aromatic heterocycles. The van der Waals surface area contributed by atoms with Crippen LogP contribution >= 0.6 is 0 Å². The van der Waals surface area contributed by atoms with Gasteiger partial charge in [-0.15, -0.1) is 0 Å². The van der Waals surface area contributed by atoms with Gasteiger partial charge >= 0.3 is 0 Å². The van der Waals surface area contributed by atoms with E-state index in [0.29, 0.717) is 28.3 Å². The summed E-state index contributed by atoms with van der Waals surface area (Å²) in [6.07, 6.45) is 8.22. The Kier molecular flexibility index (Phi) is 6.12. The first kappa shape index (κ1) is 21.0. The Morgan fingerprint density at radius 3 is 2.62 bits per heavy atom. The summed E-state index contributed by atoms with van der Waals surface area (Å²) in [7, 11) is 0. The molecule has 0 unspecified atom stereocenters. The average Bonchev–Trinajstić information content (AvgIpc) is 2.82. The van der Waals surface area contributed by atoms with Crippen molar-refractivity contribution in [1.82, 2.24) is 15.3 Å². The van der Waals surface area contributed by atoms with Gasteiger partial charge in [-0.3, -0.25) is 10.2 Å². The third-order valence-electron chi connectivity index (χ3n) is 5.26. The molecule has 0 spiro atoms. The van der Waals surface area contributed by atoms with E-state index in [9.17, 15) is 4.79 Å². The largest absolute Gasteiger partial charge is 0.389 e. The van der Waals surface area contributed by atoms with Crippen LogP contribution in [0.5, 0.6) is 0 Å². The maximum absolute atomic E-state index is 12.5. The van der Waals surface area contributed by atoms with Gasteiger partial charge in [0.2, 0.25) is 0 Å². The summed E-state index contributed by atoms with van der Waals surface area (Å²) < 4.78 is 0. The maximum Gasteiger partial charge on any atom is 0.256 e. The number of hydrogen-bond acceptors (Lipinski definition) is 7. The van der Waals surface area contributed by atoms with Gasteiger partial charge in [0.15, 0.2) is 0 Å². The summed E-state index contributed by atoms with van der Waals surface area (Å²) in [5, 5.41) is 18.3. The molecular weight excluding hydrogens is 402 g/mol. The Labute approximate surface area is 186 Å². The lowest BCUT2D eigenvalue weighted by Gasteiger charge is -2.25. The van der Waals surface area contributed by atoms with Crippen molar-refractivity contribution in [2.75, 3.05) is 22.9 Å². The van der Waals surface area contributed by atoms with E-state index in [4.69, 9.17) is 11.1 Å². The molecule has 0 bridgehead atoms. The van der Waals surface area contributed by atoms with Crippen LogP contribution < -0.4 is 21.7 Å². The summed E-state index contributed by atoms with van der Waals surface area (Å²) in [6.45, 7) is 2.73. The van der Waals surface area contributed by atoms with Gasteiger partial charge in [0.25, 0.3) is 5.91 Å². The standard InChI is InChI=1S/C24H25N7O/c1-15-13-29-23(26)20(22(15)30-18-5-4-11-27-14-18)21(25)16-7-9-17(10-8-16)24(32)31-19-6-2-3-12-28-19/h2-4,6-13,18,25,27H,5,14H2,1H3,(H3,26,29,30)(H,28,31,32)/t18-/m1/s1. The molecule has 3 heterocycles. The molecule has 0 fully saturated rings. The van der Waals surface area contributed by atoms with Crippen molar-refractivity contribution in [2.24, 2.45) is 0 Å². The van der Waals surface area contributed by atoms with Gasteiger partial charge in [-0.1, -0.05) is 24.3 Å². The van der Waals surface area contributed by atoms with E-state index in [2.05, 4.69) is 32.0 Å². The second-order valence-electron chi connectivity index (χ2n) is 7.59. The molecule has 0 saturated carbocycles. The molecule has 1 aliphatic rings. The number of nitrogens with two attached hydrogens (primary N) is 1. The predicted octanol–water partition coefficient (Wildman–Crippen LogP) is 3.32. The number of nitrogens with one attached hydrogen (secondary N) is 4. The van der Waals surface area contributed by atoms with E-state index in [0.717, 1.165) is 24.2 Å². The number of pyridine rings is 2. The van der Waals surface area contributed by atoms with Crippen molar-refractivity contribution in [3.05, 3.63) is 89.4 Å². The number of carbonyl (C=O) groups excluding carboxylic acids is 1. The third kappa shape index (κ3) is 4.59. The van der Waals surface area contributed by atoms with Crippen LogP contribution in [-0.4, -0.2) is 34.2 Å². The van der Waals surface area contributed by atoms with Gasteiger partial charge in [0, 0.05) is 36.1 Å². The highest BCUT2D eigenvalue weighted by atomic mass is 16.1. The highest BCUT2D eigenvalue weighted by Crippen LogP contribution is 2.28. The number of hydrogen-bond donors (Lipinski definition) is 5. The first-order valence-corrected chi connectivity index (χ1v) is 10.3. The monoisotopic (exact) mass is 427 g/mol. The topological polar surface area (TPSA) is 129 Å². The SMILES string of the molecule is Cc1cnc(N)c(C(=N)c2ccc(C(=O)Nc3ccccn3)cc2)c1N[C@@H]1CC=CNC1. The van der Waals surface area contributed by atoms with Crippen molar-refractivity contribution in [2.45, 2.75) is 19.4 Å². The second kappa shape index (κ2) is 9.30. The number of rotatable bonds is 6. The third-order valence-corrected chi connectivity index (χ3v) is 5.26. The second-order valence-corrected chi connectivity index (χ2v) is 7.59. The molecule has 3 aromatic rings. The van der Waals surface area contributed by atoms with Crippen molar-refractivity contribution >= 4 is 28.9 Å². The number of nitrogen functional groups attached to an aromatic ring is 1. The zero-order valence-electron chi connectivity index (χ0n) is 17.7. The summed E-state index contributed by atoms with van der Waals surface area (Å²) in [5.74, 6) is 0.508. The van der Waals surface area contributed by atoms with Gasteiger partial charge in [0.05, 0.1) is 17.0 Å². The molecule has 1 aromatic carbocycles. The van der Waals surface area contributed by atoms with Gasteiger partial charge < -0.3 is 21.7 Å². The minimum absolute atomic E-state index is 0.185. The highest BCUT2D eigenvalue weighted by molar-refractivity contribution is 6.17. The Balaban J connectivity index is 1.57. The number of nitrogens with zero attached hydrogens (tertiary/aromatic N) is 2. The van der Waals surface area contributed by atoms with Crippen molar-refractivity contribution in [1.29, 1.82) is 5.41 Å². The van der Waals surface area contributed by atoms with Crippen molar-refractivity contribution in [3.8, 4) is 0 Å². The Bertz CT molecular complexity index is 1160. The number of amides is 1. The van der Waals surface area contributed by atoms with Gasteiger partial charge in [0.1, 0.15) is 11.6 Å². The van der Waals surface area contributed by atoms with Crippen LogP contribution in [0.15, 0.2) is 67.1 Å². The van der Waals surface area contributed by atoms with Gasteiger partial charge in [-0.05, 0) is 49.4 Å². The molecule has 8 heteroatoms. The number of carbonyl (C=O) groups is 1. The lowest BCUT2D eigenvalue weighted by molar-refractivity contribution is 0.102. The summed E-state index contributed by atoms with van der Waals surface area (Å²) in [5.41, 5.74) is 9.85. The highest BCUT2D eigenvalue weighted by Gasteiger charge is 2.20. The van der Waals surface area contributed by atoms with E-state index in [1.54, 1.807) is 54.9 Å². The van der Waals surface area contributed by atoms with Crippen molar-refractivity contribution < 1.29 is 4.79 Å². The Morgan fingerprint density at radius 1 is 1.16 bits per heavy atom. The van der Waals surface area contributed by atoms with Crippen LogP contribution in [-0.2, 0) is 0 Å². The fraction of sp³-hybridized carbons (Fsp3) is 0.167.